The lowest BCUT2D eigenvalue weighted by atomic mass is 10.2. The smallest absolute Gasteiger partial charge is 0.349 e. The van der Waals surface area contributed by atoms with Gasteiger partial charge in [0, 0.05) is 3.57 Å². The van der Waals surface area contributed by atoms with E-state index in [9.17, 15) is 18.0 Å². The monoisotopic (exact) mass is 462 g/mol. The van der Waals surface area contributed by atoms with Crippen molar-refractivity contribution in [1.82, 2.24) is 0 Å². The van der Waals surface area contributed by atoms with Gasteiger partial charge in [-0.05, 0) is 71.1 Å². The second kappa shape index (κ2) is 7.73. The average molecular weight is 462 g/mol. The van der Waals surface area contributed by atoms with E-state index in [1.54, 1.807) is 24.3 Å². The Bertz CT molecular complexity index is 842. The van der Waals surface area contributed by atoms with Crippen LogP contribution in [0.1, 0.15) is 10.4 Å². The van der Waals surface area contributed by atoms with Crippen LogP contribution >= 0.6 is 22.6 Å². The van der Waals surface area contributed by atoms with Gasteiger partial charge >= 0.3 is 11.9 Å². The van der Waals surface area contributed by atoms with Crippen LogP contribution in [0.5, 0.6) is 5.75 Å². The zero-order valence-electron chi connectivity index (χ0n) is 12.0. The van der Waals surface area contributed by atoms with E-state index in [1.807, 2.05) is 0 Å². The number of rotatable bonds is 5. The van der Waals surface area contributed by atoms with Gasteiger partial charge in [0.05, 0.1) is 10.5 Å². The molecule has 7 nitrogen and oxygen atoms in total. The third-order valence-corrected chi connectivity index (χ3v) is 4.34. The summed E-state index contributed by atoms with van der Waals surface area (Å²) in [4.78, 5) is 23.0. The van der Waals surface area contributed by atoms with E-state index in [2.05, 4.69) is 22.6 Å². The van der Waals surface area contributed by atoms with Crippen LogP contribution in [0.2, 0.25) is 0 Å². The maximum Gasteiger partial charge on any atom is 0.349 e. The van der Waals surface area contributed by atoms with Crippen molar-refractivity contribution >= 4 is 44.6 Å². The van der Waals surface area contributed by atoms with Crippen molar-refractivity contribution in [1.29, 1.82) is 0 Å². The van der Waals surface area contributed by atoms with Gasteiger partial charge in [0.2, 0.25) is 0 Å². The number of halogens is 1. The Hall–Kier alpha value is -1.98. The van der Waals surface area contributed by atoms with Gasteiger partial charge in [0.15, 0.2) is 6.61 Å². The normalized spacial score (nSPS) is 10.9. The lowest BCUT2D eigenvalue weighted by molar-refractivity contribution is -0.137. The highest BCUT2D eigenvalue weighted by molar-refractivity contribution is 14.1. The summed E-state index contributed by atoms with van der Waals surface area (Å²) < 4.78 is 41.3. The van der Waals surface area contributed by atoms with Crippen LogP contribution < -0.4 is 4.74 Å². The number of benzene rings is 2. The summed E-state index contributed by atoms with van der Waals surface area (Å²) in [6.07, 6.45) is 0. The molecule has 0 bridgehead atoms. The fourth-order valence-corrected chi connectivity index (χ4v) is 2.47. The van der Waals surface area contributed by atoms with E-state index in [0.29, 0.717) is 5.56 Å². The minimum atomic E-state index is -4.31. The van der Waals surface area contributed by atoms with Crippen molar-refractivity contribution in [3.05, 3.63) is 57.7 Å². The molecule has 0 aromatic heterocycles. The molecular formula is C15H11IO7S. The number of carbonyl (C=O) groups excluding carboxylic acids is 2. The molecule has 0 aliphatic carbocycles. The van der Waals surface area contributed by atoms with Gasteiger partial charge in [0.1, 0.15) is 5.75 Å². The number of carbonyl (C=O) groups is 2. The summed E-state index contributed by atoms with van der Waals surface area (Å²) in [6.45, 7) is -0.592. The summed E-state index contributed by atoms with van der Waals surface area (Å²) in [7, 11) is -4.31. The molecule has 1 N–H and O–H groups in total. The van der Waals surface area contributed by atoms with E-state index in [-0.39, 0.29) is 10.6 Å². The molecule has 2 aromatic carbocycles. The minimum Gasteiger partial charge on any atom is -0.450 e. The first-order valence-corrected chi connectivity index (χ1v) is 8.98. The third-order valence-electron chi connectivity index (χ3n) is 2.75. The molecule has 126 valence electrons. The quantitative estimate of drug-likeness (QED) is 0.315. The van der Waals surface area contributed by atoms with Crippen molar-refractivity contribution in [3.63, 3.8) is 0 Å². The van der Waals surface area contributed by atoms with Gasteiger partial charge in [-0.15, -0.1) is 0 Å². The minimum absolute atomic E-state index is 0.0534. The summed E-state index contributed by atoms with van der Waals surface area (Å²) >= 11 is 2.09. The topological polar surface area (TPSA) is 107 Å². The second-order valence-corrected chi connectivity index (χ2v) is 7.17. The molecule has 2 aromatic rings. The van der Waals surface area contributed by atoms with Gasteiger partial charge in [-0.25, -0.2) is 9.59 Å². The summed E-state index contributed by atoms with van der Waals surface area (Å²) in [5, 5.41) is 0. The third kappa shape index (κ3) is 5.28. The van der Waals surface area contributed by atoms with E-state index in [4.69, 9.17) is 14.0 Å². The van der Waals surface area contributed by atoms with Crippen molar-refractivity contribution in [3.8, 4) is 5.75 Å². The molecule has 0 amide bonds. The Labute approximate surface area is 151 Å². The maximum absolute atomic E-state index is 11.7. The van der Waals surface area contributed by atoms with Gasteiger partial charge in [-0.3, -0.25) is 4.55 Å². The molecule has 0 saturated carbocycles. The molecule has 0 heterocycles. The Morgan fingerprint density at radius 1 is 1.00 bits per heavy atom. The SMILES string of the molecule is O=C(COC(=O)c1ccc(I)cc1)Oc1ccc(S(=O)(=O)O)cc1. The molecule has 0 aliphatic heterocycles. The molecule has 0 saturated heterocycles. The predicted molar refractivity (Wildman–Crippen MR) is 91.3 cm³/mol. The highest BCUT2D eigenvalue weighted by Crippen LogP contribution is 2.16. The van der Waals surface area contributed by atoms with Gasteiger partial charge in [0.25, 0.3) is 10.1 Å². The molecule has 2 rings (SSSR count). The van der Waals surface area contributed by atoms with E-state index >= 15 is 0 Å². The van der Waals surface area contributed by atoms with Crippen LogP contribution in [-0.2, 0) is 19.6 Å². The molecular weight excluding hydrogens is 451 g/mol. The van der Waals surface area contributed by atoms with Crippen molar-refractivity contribution in [2.24, 2.45) is 0 Å². The molecule has 0 atom stereocenters. The lowest BCUT2D eigenvalue weighted by Gasteiger charge is -2.06. The molecule has 0 fully saturated rings. The Morgan fingerprint density at radius 3 is 2.12 bits per heavy atom. The van der Waals surface area contributed by atoms with Crippen molar-refractivity contribution < 1.29 is 32.0 Å². The van der Waals surface area contributed by atoms with Crippen molar-refractivity contribution in [2.75, 3.05) is 6.61 Å². The van der Waals surface area contributed by atoms with Gasteiger partial charge < -0.3 is 9.47 Å². The largest absolute Gasteiger partial charge is 0.450 e. The highest BCUT2D eigenvalue weighted by Gasteiger charge is 2.13. The standard InChI is InChI=1S/C15H11IO7S/c16-11-3-1-10(2-4-11)15(18)22-9-14(17)23-12-5-7-13(8-6-12)24(19,20)21/h1-8H,9H2,(H,19,20,21). The van der Waals surface area contributed by atoms with Gasteiger partial charge in [-0.2, -0.15) is 8.42 Å². The number of ether oxygens (including phenoxy) is 2. The average Bonchev–Trinajstić information content (AvgIpc) is 2.53. The Morgan fingerprint density at radius 2 is 1.58 bits per heavy atom. The van der Waals surface area contributed by atoms with Gasteiger partial charge in [-0.1, -0.05) is 0 Å². The molecule has 0 aliphatic rings. The van der Waals surface area contributed by atoms with Crippen LogP contribution in [0.3, 0.4) is 0 Å². The fourth-order valence-electron chi connectivity index (χ4n) is 1.63. The van der Waals surface area contributed by atoms with Crippen LogP contribution in [0.4, 0.5) is 0 Å². The van der Waals surface area contributed by atoms with E-state index < -0.39 is 28.7 Å². The summed E-state index contributed by atoms with van der Waals surface area (Å²) in [6, 6.07) is 11.2. The second-order valence-electron chi connectivity index (χ2n) is 4.50. The molecule has 0 spiro atoms. The first-order chi connectivity index (χ1) is 11.3. The van der Waals surface area contributed by atoms with E-state index in [1.165, 1.54) is 12.1 Å². The Balaban J connectivity index is 1.89. The predicted octanol–water partition coefficient (Wildman–Crippen LogP) is 2.30. The number of hydrogen-bond donors (Lipinski definition) is 1. The first-order valence-electron chi connectivity index (χ1n) is 6.46. The molecule has 9 heteroatoms. The first kappa shape index (κ1) is 18.4. The zero-order chi connectivity index (χ0) is 17.7. The lowest BCUT2D eigenvalue weighted by Crippen LogP contribution is -2.18. The van der Waals surface area contributed by atoms with E-state index in [0.717, 1.165) is 15.7 Å². The van der Waals surface area contributed by atoms with Crippen LogP contribution in [0.15, 0.2) is 53.4 Å². The summed E-state index contributed by atoms with van der Waals surface area (Å²) in [5.74, 6) is -1.43. The van der Waals surface area contributed by atoms with Crippen LogP contribution in [-0.4, -0.2) is 31.5 Å². The van der Waals surface area contributed by atoms with Crippen LogP contribution in [0.25, 0.3) is 0 Å². The molecule has 24 heavy (non-hydrogen) atoms. The number of esters is 2. The highest BCUT2D eigenvalue weighted by atomic mass is 127. The van der Waals surface area contributed by atoms with Crippen LogP contribution in [0, 0.1) is 3.57 Å². The fraction of sp³-hybridized carbons (Fsp3) is 0.0667. The molecule has 0 radical (unpaired) electrons. The molecule has 0 unspecified atom stereocenters. The zero-order valence-corrected chi connectivity index (χ0v) is 15.0. The number of hydrogen-bond acceptors (Lipinski definition) is 6. The Kier molecular flexibility index (Phi) is 5.91. The maximum atomic E-state index is 11.7. The van der Waals surface area contributed by atoms with Crippen molar-refractivity contribution in [2.45, 2.75) is 4.90 Å². The summed E-state index contributed by atoms with van der Waals surface area (Å²) in [5.41, 5.74) is 0.306.